The zero-order chi connectivity index (χ0) is 20.4. The molecule has 0 bridgehead atoms. The number of rotatable bonds is 10. The number of ketones is 1. The van der Waals surface area contributed by atoms with Gasteiger partial charge in [0.2, 0.25) is 0 Å². The molecule has 2 aromatic rings. The SMILES string of the molecule is CC(=O)c1ccc(OCCCC(=O)OCC(=O)NCc2ccc(C)cc2)cc1. The van der Waals surface area contributed by atoms with Crippen LogP contribution in [0.5, 0.6) is 5.75 Å². The molecule has 0 unspecified atom stereocenters. The number of benzene rings is 2. The summed E-state index contributed by atoms with van der Waals surface area (Å²) in [5.74, 6) is -0.150. The van der Waals surface area contributed by atoms with E-state index in [9.17, 15) is 14.4 Å². The second kappa shape index (κ2) is 10.9. The Morgan fingerprint density at radius 2 is 1.64 bits per heavy atom. The van der Waals surface area contributed by atoms with Gasteiger partial charge in [-0.2, -0.15) is 0 Å². The van der Waals surface area contributed by atoms with E-state index < -0.39 is 5.97 Å². The third kappa shape index (κ3) is 7.61. The van der Waals surface area contributed by atoms with E-state index in [1.165, 1.54) is 6.92 Å². The minimum Gasteiger partial charge on any atom is -0.494 e. The molecule has 6 heteroatoms. The van der Waals surface area contributed by atoms with Crippen LogP contribution in [0.25, 0.3) is 0 Å². The van der Waals surface area contributed by atoms with Gasteiger partial charge in [-0.05, 0) is 50.1 Å². The highest BCUT2D eigenvalue weighted by molar-refractivity contribution is 5.94. The van der Waals surface area contributed by atoms with Gasteiger partial charge >= 0.3 is 5.97 Å². The van der Waals surface area contributed by atoms with Crippen LogP contribution < -0.4 is 10.1 Å². The summed E-state index contributed by atoms with van der Waals surface area (Å²) in [4.78, 5) is 34.6. The number of Topliss-reactive ketones (excluding diaryl/α,β-unsaturated/α-hetero) is 1. The molecule has 0 saturated carbocycles. The van der Waals surface area contributed by atoms with Gasteiger partial charge in [0.1, 0.15) is 5.75 Å². The maximum absolute atomic E-state index is 11.7. The van der Waals surface area contributed by atoms with Crippen molar-refractivity contribution in [2.45, 2.75) is 33.2 Å². The molecule has 0 aliphatic carbocycles. The molecule has 1 N–H and O–H groups in total. The normalized spacial score (nSPS) is 10.2. The second-order valence-corrected chi connectivity index (χ2v) is 6.46. The lowest BCUT2D eigenvalue weighted by atomic mass is 10.1. The molecule has 2 rings (SSSR count). The Balaban J connectivity index is 1.57. The van der Waals surface area contributed by atoms with Gasteiger partial charge in [0, 0.05) is 18.5 Å². The van der Waals surface area contributed by atoms with Crippen LogP contribution in [0.2, 0.25) is 0 Å². The van der Waals surface area contributed by atoms with E-state index in [4.69, 9.17) is 9.47 Å². The number of aryl methyl sites for hydroxylation is 1. The van der Waals surface area contributed by atoms with Crippen LogP contribution in [0, 0.1) is 6.92 Å². The van der Waals surface area contributed by atoms with Gasteiger partial charge < -0.3 is 14.8 Å². The summed E-state index contributed by atoms with van der Waals surface area (Å²) in [6.07, 6.45) is 0.634. The first-order valence-electron chi connectivity index (χ1n) is 9.15. The number of esters is 1. The largest absolute Gasteiger partial charge is 0.494 e. The predicted molar refractivity (Wildman–Crippen MR) is 105 cm³/mol. The van der Waals surface area contributed by atoms with E-state index in [1.807, 2.05) is 31.2 Å². The molecule has 28 heavy (non-hydrogen) atoms. The van der Waals surface area contributed by atoms with Crippen molar-refractivity contribution in [1.29, 1.82) is 0 Å². The highest BCUT2D eigenvalue weighted by atomic mass is 16.5. The minimum atomic E-state index is -0.444. The van der Waals surface area contributed by atoms with E-state index >= 15 is 0 Å². The molecule has 0 spiro atoms. The van der Waals surface area contributed by atoms with Crippen LogP contribution in [0.3, 0.4) is 0 Å². The monoisotopic (exact) mass is 383 g/mol. The van der Waals surface area contributed by atoms with Gasteiger partial charge in [-0.3, -0.25) is 14.4 Å². The summed E-state index contributed by atoms with van der Waals surface area (Å²) in [6.45, 7) is 3.94. The van der Waals surface area contributed by atoms with Gasteiger partial charge in [0.05, 0.1) is 6.61 Å². The van der Waals surface area contributed by atoms with Crippen LogP contribution in [-0.2, 0) is 20.9 Å². The molecule has 0 atom stereocenters. The summed E-state index contributed by atoms with van der Waals surface area (Å²) in [5, 5.41) is 2.71. The highest BCUT2D eigenvalue weighted by Gasteiger charge is 2.08. The van der Waals surface area contributed by atoms with Gasteiger partial charge in [-0.15, -0.1) is 0 Å². The molecule has 1 amide bonds. The Morgan fingerprint density at radius 3 is 2.29 bits per heavy atom. The third-order valence-corrected chi connectivity index (χ3v) is 4.03. The Kier molecular flexibility index (Phi) is 8.21. The molecule has 0 saturated heterocycles. The molecule has 148 valence electrons. The van der Waals surface area contributed by atoms with E-state index in [2.05, 4.69) is 5.32 Å². The topological polar surface area (TPSA) is 81.7 Å². The van der Waals surface area contributed by atoms with Crippen LogP contribution in [-0.4, -0.2) is 30.9 Å². The molecule has 0 aromatic heterocycles. The maximum Gasteiger partial charge on any atom is 0.306 e. The Hall–Kier alpha value is -3.15. The fourth-order valence-corrected chi connectivity index (χ4v) is 2.37. The number of carbonyl (C=O) groups is 3. The minimum absolute atomic E-state index is 0.00259. The highest BCUT2D eigenvalue weighted by Crippen LogP contribution is 2.13. The van der Waals surface area contributed by atoms with Crippen molar-refractivity contribution in [2.75, 3.05) is 13.2 Å². The quantitative estimate of drug-likeness (QED) is 0.387. The number of hydrogen-bond acceptors (Lipinski definition) is 5. The number of amides is 1. The van der Waals surface area contributed by atoms with Crippen molar-refractivity contribution in [1.82, 2.24) is 5.32 Å². The van der Waals surface area contributed by atoms with E-state index in [0.29, 0.717) is 30.9 Å². The predicted octanol–water partition coefficient (Wildman–Crippen LogP) is 3.22. The standard InChI is InChI=1S/C22H25NO5/c1-16-5-7-18(8-6-16)14-23-21(25)15-28-22(26)4-3-13-27-20-11-9-19(10-12-20)17(2)24/h5-12H,3-4,13-15H2,1-2H3,(H,23,25). The maximum atomic E-state index is 11.7. The molecule has 0 fully saturated rings. The van der Waals surface area contributed by atoms with Crippen LogP contribution >= 0.6 is 0 Å². The van der Waals surface area contributed by atoms with E-state index in [-0.39, 0.29) is 24.7 Å². The zero-order valence-corrected chi connectivity index (χ0v) is 16.2. The average molecular weight is 383 g/mol. The van der Waals surface area contributed by atoms with Crippen molar-refractivity contribution < 1.29 is 23.9 Å². The van der Waals surface area contributed by atoms with Crippen LogP contribution in [0.15, 0.2) is 48.5 Å². The molecule has 6 nitrogen and oxygen atoms in total. The summed E-state index contributed by atoms with van der Waals surface area (Å²) in [5.41, 5.74) is 2.76. The van der Waals surface area contributed by atoms with Crippen molar-refractivity contribution in [2.24, 2.45) is 0 Å². The molecular weight excluding hydrogens is 358 g/mol. The van der Waals surface area contributed by atoms with Crippen LogP contribution in [0.1, 0.15) is 41.3 Å². The molecular formula is C22H25NO5. The zero-order valence-electron chi connectivity index (χ0n) is 16.2. The van der Waals surface area contributed by atoms with Crippen molar-refractivity contribution in [3.05, 3.63) is 65.2 Å². The van der Waals surface area contributed by atoms with Crippen molar-refractivity contribution in [3.63, 3.8) is 0 Å². The van der Waals surface area contributed by atoms with E-state index in [1.54, 1.807) is 24.3 Å². The molecule has 0 aliphatic rings. The fourth-order valence-electron chi connectivity index (χ4n) is 2.37. The first-order valence-corrected chi connectivity index (χ1v) is 9.15. The first kappa shape index (κ1) is 21.2. The first-order chi connectivity index (χ1) is 13.4. The molecule has 0 aliphatic heterocycles. The van der Waals surface area contributed by atoms with Crippen molar-refractivity contribution in [3.8, 4) is 5.75 Å². The Morgan fingerprint density at radius 1 is 0.964 bits per heavy atom. The lowest BCUT2D eigenvalue weighted by molar-refractivity contribution is -0.148. The smallest absolute Gasteiger partial charge is 0.306 e. The summed E-state index contributed by atoms with van der Waals surface area (Å²) in [7, 11) is 0. The second-order valence-electron chi connectivity index (χ2n) is 6.46. The number of hydrogen-bond donors (Lipinski definition) is 1. The number of nitrogens with one attached hydrogen (secondary N) is 1. The number of carbonyl (C=O) groups excluding carboxylic acids is 3. The number of ether oxygens (including phenoxy) is 2. The molecule has 2 aromatic carbocycles. The third-order valence-electron chi connectivity index (χ3n) is 4.03. The van der Waals surface area contributed by atoms with Gasteiger partial charge in [-0.25, -0.2) is 0 Å². The Bertz CT molecular complexity index is 797. The summed E-state index contributed by atoms with van der Waals surface area (Å²) < 4.78 is 10.5. The summed E-state index contributed by atoms with van der Waals surface area (Å²) in [6, 6.07) is 14.6. The van der Waals surface area contributed by atoms with Gasteiger partial charge in [0.25, 0.3) is 5.91 Å². The lowest BCUT2D eigenvalue weighted by Gasteiger charge is -2.08. The fraction of sp³-hybridized carbons (Fsp3) is 0.318. The Labute approximate surface area is 164 Å². The lowest BCUT2D eigenvalue weighted by Crippen LogP contribution is -2.28. The average Bonchev–Trinajstić information content (AvgIpc) is 2.69. The van der Waals surface area contributed by atoms with Gasteiger partial charge in [0.15, 0.2) is 12.4 Å². The van der Waals surface area contributed by atoms with E-state index in [0.717, 1.165) is 11.1 Å². The molecule has 0 heterocycles. The van der Waals surface area contributed by atoms with Gasteiger partial charge in [-0.1, -0.05) is 29.8 Å². The van der Waals surface area contributed by atoms with Crippen LogP contribution in [0.4, 0.5) is 0 Å². The summed E-state index contributed by atoms with van der Waals surface area (Å²) >= 11 is 0. The molecule has 0 radical (unpaired) electrons. The van der Waals surface area contributed by atoms with Crippen molar-refractivity contribution >= 4 is 17.7 Å².